The van der Waals surface area contributed by atoms with Crippen LogP contribution >= 0.6 is 0 Å². The lowest BCUT2D eigenvalue weighted by atomic mass is 9.79. The van der Waals surface area contributed by atoms with Crippen LogP contribution in [0.2, 0.25) is 0 Å². The van der Waals surface area contributed by atoms with Crippen molar-refractivity contribution in [1.29, 1.82) is 0 Å². The minimum absolute atomic E-state index is 0.0242. The van der Waals surface area contributed by atoms with E-state index in [1.165, 1.54) is 36.3 Å². The van der Waals surface area contributed by atoms with E-state index in [-0.39, 0.29) is 28.4 Å². The number of fused-ring (bicyclic) bond motifs is 4. The maximum atomic E-state index is 14.9. The Bertz CT molecular complexity index is 1230. The second kappa shape index (κ2) is 5.84. The molecule has 3 heterocycles. The first-order valence-corrected chi connectivity index (χ1v) is 8.79. The highest BCUT2D eigenvalue weighted by Gasteiger charge is 2.54. The highest BCUT2D eigenvalue weighted by molar-refractivity contribution is 6.10. The van der Waals surface area contributed by atoms with Crippen LogP contribution in [-0.2, 0) is 10.3 Å². The molecule has 6 nitrogen and oxygen atoms in total. The third-order valence-corrected chi connectivity index (χ3v) is 5.25. The second-order valence-electron chi connectivity index (χ2n) is 6.81. The number of hydrogen-bond acceptors (Lipinski definition) is 5. The first kappa shape index (κ1) is 17.3. The Morgan fingerprint density at radius 2 is 1.83 bits per heavy atom. The highest BCUT2D eigenvalue weighted by atomic mass is 19.1. The summed E-state index contributed by atoms with van der Waals surface area (Å²) < 4.78 is 35.0. The third kappa shape index (κ3) is 2.22. The number of guanidine groups is 1. The molecule has 8 heteroatoms. The molecule has 2 aliphatic rings. The molecule has 5 rings (SSSR count). The Balaban J connectivity index is 1.85. The predicted molar refractivity (Wildman–Crippen MR) is 101 cm³/mol. The lowest BCUT2D eigenvalue weighted by Gasteiger charge is -2.33. The minimum atomic E-state index is -1.54. The molecule has 1 unspecified atom stereocenters. The van der Waals surface area contributed by atoms with Gasteiger partial charge in [0.15, 0.2) is 5.96 Å². The Morgan fingerprint density at radius 1 is 1.03 bits per heavy atom. The fraction of sp³-hybridized carbons (Fsp3) is 0.0952. The summed E-state index contributed by atoms with van der Waals surface area (Å²) in [6.45, 7) is 0. The zero-order valence-electron chi connectivity index (χ0n) is 15.2. The molecule has 144 valence electrons. The number of pyridine rings is 1. The summed E-state index contributed by atoms with van der Waals surface area (Å²) in [4.78, 5) is 22.6. The van der Waals surface area contributed by atoms with Gasteiger partial charge in [0.25, 0.3) is 5.91 Å². The van der Waals surface area contributed by atoms with Crippen molar-refractivity contribution in [2.24, 2.45) is 10.7 Å². The summed E-state index contributed by atoms with van der Waals surface area (Å²) >= 11 is 0. The van der Waals surface area contributed by atoms with E-state index in [1.54, 1.807) is 24.3 Å². The number of aromatic nitrogens is 1. The van der Waals surface area contributed by atoms with E-state index in [9.17, 15) is 13.6 Å². The molecular formula is C21H14F2N4O2. The van der Waals surface area contributed by atoms with E-state index in [0.29, 0.717) is 11.3 Å². The van der Waals surface area contributed by atoms with Crippen LogP contribution in [0.1, 0.15) is 11.1 Å². The van der Waals surface area contributed by atoms with Gasteiger partial charge in [-0.15, -0.1) is 0 Å². The molecule has 1 spiro atoms. The van der Waals surface area contributed by atoms with Crippen molar-refractivity contribution in [3.63, 3.8) is 0 Å². The summed E-state index contributed by atoms with van der Waals surface area (Å²) in [5.41, 5.74) is 5.11. The Labute approximate surface area is 164 Å². The van der Waals surface area contributed by atoms with Gasteiger partial charge in [0, 0.05) is 41.6 Å². The SMILES string of the molecule is CN1C(=O)C2(N=C1N)c1ccccc1Oc1cc(F)c(-c3cccnc3F)cc12. The summed E-state index contributed by atoms with van der Waals surface area (Å²) in [6, 6.07) is 12.3. The fourth-order valence-electron chi connectivity index (χ4n) is 3.83. The normalized spacial score (nSPS) is 19.6. The van der Waals surface area contributed by atoms with Crippen LogP contribution in [0.25, 0.3) is 11.1 Å². The molecule has 0 aliphatic carbocycles. The first-order chi connectivity index (χ1) is 13.9. The number of halogens is 2. The van der Waals surface area contributed by atoms with Crippen LogP contribution in [0.3, 0.4) is 0 Å². The smallest absolute Gasteiger partial charge is 0.266 e. The molecule has 2 N–H and O–H groups in total. The number of nitrogens with zero attached hydrogens (tertiary/aromatic N) is 3. The van der Waals surface area contributed by atoms with Gasteiger partial charge >= 0.3 is 0 Å². The summed E-state index contributed by atoms with van der Waals surface area (Å²) in [6.07, 6.45) is 1.27. The number of ether oxygens (including phenoxy) is 1. The van der Waals surface area contributed by atoms with Crippen LogP contribution in [0.5, 0.6) is 11.5 Å². The van der Waals surface area contributed by atoms with Crippen molar-refractivity contribution in [1.82, 2.24) is 9.88 Å². The Hall–Kier alpha value is -3.81. The molecular weight excluding hydrogens is 378 g/mol. The van der Waals surface area contributed by atoms with Crippen molar-refractivity contribution in [3.05, 3.63) is 77.6 Å². The zero-order valence-corrected chi connectivity index (χ0v) is 15.2. The molecule has 0 radical (unpaired) electrons. The maximum Gasteiger partial charge on any atom is 0.266 e. The number of amides is 1. The maximum absolute atomic E-state index is 14.9. The van der Waals surface area contributed by atoms with Gasteiger partial charge < -0.3 is 10.5 Å². The Kier molecular flexibility index (Phi) is 3.48. The summed E-state index contributed by atoms with van der Waals surface area (Å²) in [5, 5.41) is 0. The number of nitrogens with two attached hydrogens (primary N) is 1. The van der Waals surface area contributed by atoms with E-state index in [1.807, 2.05) is 0 Å². The number of para-hydroxylation sites is 1. The van der Waals surface area contributed by atoms with Crippen molar-refractivity contribution in [3.8, 4) is 22.6 Å². The molecule has 0 fully saturated rings. The van der Waals surface area contributed by atoms with Gasteiger partial charge in [-0.2, -0.15) is 4.39 Å². The average molecular weight is 392 g/mol. The molecule has 0 saturated carbocycles. The molecule has 1 atom stereocenters. The minimum Gasteiger partial charge on any atom is -0.456 e. The van der Waals surface area contributed by atoms with Crippen molar-refractivity contribution >= 4 is 11.9 Å². The van der Waals surface area contributed by atoms with Gasteiger partial charge in [-0.05, 0) is 24.3 Å². The van der Waals surface area contributed by atoms with E-state index in [4.69, 9.17) is 10.5 Å². The topological polar surface area (TPSA) is 80.8 Å². The lowest BCUT2D eigenvalue weighted by molar-refractivity contribution is -0.129. The molecule has 1 aromatic heterocycles. The molecule has 2 aromatic carbocycles. The van der Waals surface area contributed by atoms with Crippen LogP contribution in [0.15, 0.2) is 59.7 Å². The standard InChI is InChI=1S/C21H14F2N4O2/c1-27-19(28)21(26-20(27)24)13-6-2-3-7-16(13)29-17-10-15(22)12(9-14(17)21)11-5-4-8-25-18(11)23/h2-10H,1H3,(H2,24,26). The van der Waals surface area contributed by atoms with Crippen molar-refractivity contribution in [2.75, 3.05) is 7.05 Å². The van der Waals surface area contributed by atoms with Crippen LogP contribution in [0.4, 0.5) is 8.78 Å². The van der Waals surface area contributed by atoms with Gasteiger partial charge in [-0.1, -0.05) is 18.2 Å². The monoisotopic (exact) mass is 392 g/mol. The number of likely N-dealkylation sites (N-methyl/N-ethyl adjacent to an activating group) is 1. The van der Waals surface area contributed by atoms with E-state index >= 15 is 0 Å². The number of hydrogen-bond donors (Lipinski definition) is 1. The molecule has 0 bridgehead atoms. The van der Waals surface area contributed by atoms with Crippen LogP contribution < -0.4 is 10.5 Å². The van der Waals surface area contributed by atoms with Crippen molar-refractivity contribution in [2.45, 2.75) is 5.54 Å². The van der Waals surface area contributed by atoms with Gasteiger partial charge in [0.05, 0.1) is 0 Å². The summed E-state index contributed by atoms with van der Waals surface area (Å²) in [5.74, 6) is -1.42. The second-order valence-corrected chi connectivity index (χ2v) is 6.81. The average Bonchev–Trinajstić information content (AvgIpc) is 2.93. The Morgan fingerprint density at radius 3 is 2.55 bits per heavy atom. The lowest BCUT2D eigenvalue weighted by Crippen LogP contribution is -2.42. The van der Waals surface area contributed by atoms with Crippen LogP contribution in [-0.4, -0.2) is 28.8 Å². The number of benzene rings is 2. The third-order valence-electron chi connectivity index (χ3n) is 5.25. The van der Waals surface area contributed by atoms with Crippen LogP contribution in [0, 0.1) is 11.8 Å². The van der Waals surface area contributed by atoms with Gasteiger partial charge in [0.2, 0.25) is 11.5 Å². The zero-order chi connectivity index (χ0) is 20.3. The highest BCUT2D eigenvalue weighted by Crippen LogP contribution is 2.52. The van der Waals surface area contributed by atoms with E-state index in [0.717, 1.165) is 6.07 Å². The number of rotatable bonds is 1. The number of aliphatic imine (C=N–C) groups is 1. The predicted octanol–water partition coefficient (Wildman–Crippen LogP) is 3.16. The van der Waals surface area contributed by atoms with Gasteiger partial charge in [0.1, 0.15) is 17.3 Å². The number of carbonyl (C=O) groups excluding carboxylic acids is 1. The van der Waals surface area contributed by atoms with Gasteiger partial charge in [-0.3, -0.25) is 9.69 Å². The molecule has 29 heavy (non-hydrogen) atoms. The molecule has 1 amide bonds. The molecule has 3 aromatic rings. The van der Waals surface area contributed by atoms with E-state index in [2.05, 4.69) is 9.98 Å². The number of carbonyl (C=O) groups is 1. The fourth-order valence-corrected chi connectivity index (χ4v) is 3.83. The largest absolute Gasteiger partial charge is 0.456 e. The summed E-state index contributed by atoms with van der Waals surface area (Å²) in [7, 11) is 1.51. The van der Waals surface area contributed by atoms with Crippen molar-refractivity contribution < 1.29 is 18.3 Å². The van der Waals surface area contributed by atoms with E-state index < -0.39 is 23.2 Å². The molecule has 2 aliphatic heterocycles. The van der Waals surface area contributed by atoms with Gasteiger partial charge in [-0.25, -0.2) is 14.4 Å². The quantitative estimate of drug-likeness (QED) is 0.645. The first-order valence-electron chi connectivity index (χ1n) is 8.79. The molecule has 0 saturated heterocycles.